The van der Waals surface area contributed by atoms with E-state index in [0.717, 1.165) is 29.9 Å². The first-order valence-corrected chi connectivity index (χ1v) is 7.87. The van der Waals surface area contributed by atoms with Crippen LogP contribution in [0.15, 0.2) is 17.8 Å². The zero-order valence-corrected chi connectivity index (χ0v) is 11.7. The molecule has 3 rings (SSSR count). The lowest BCUT2D eigenvalue weighted by molar-refractivity contribution is 0.434. The first-order chi connectivity index (χ1) is 8.85. The van der Waals surface area contributed by atoms with Crippen LogP contribution in [-0.2, 0) is 6.42 Å². The number of hydrogen-bond acceptors (Lipinski definition) is 3. The van der Waals surface area contributed by atoms with Gasteiger partial charge >= 0.3 is 0 Å². The normalized spacial score (nSPS) is 17.4. The molecule has 0 spiro atoms. The Labute approximate surface area is 112 Å². The Morgan fingerprint density at radius 1 is 1.56 bits per heavy atom. The van der Waals surface area contributed by atoms with Crippen LogP contribution in [0.1, 0.15) is 38.3 Å². The number of nitrogens with one attached hydrogen (secondary N) is 1. The third kappa shape index (κ3) is 2.93. The molecule has 0 aromatic carbocycles. The summed E-state index contributed by atoms with van der Waals surface area (Å²) in [5.41, 5.74) is 1.25. The van der Waals surface area contributed by atoms with E-state index in [1.807, 2.05) is 0 Å². The Hall–Kier alpha value is -0.870. The SMILES string of the molecule is CCCC(CNC1CC1)Cc1cn2ccsc2n1. The van der Waals surface area contributed by atoms with Crippen LogP contribution in [0.4, 0.5) is 0 Å². The summed E-state index contributed by atoms with van der Waals surface area (Å²) in [6, 6.07) is 0.815. The summed E-state index contributed by atoms with van der Waals surface area (Å²) in [7, 11) is 0. The van der Waals surface area contributed by atoms with E-state index in [-0.39, 0.29) is 0 Å². The van der Waals surface area contributed by atoms with Crippen LogP contribution in [0.3, 0.4) is 0 Å². The Morgan fingerprint density at radius 2 is 2.44 bits per heavy atom. The topological polar surface area (TPSA) is 29.3 Å². The Kier molecular flexibility index (Phi) is 3.66. The van der Waals surface area contributed by atoms with Crippen LogP contribution < -0.4 is 5.32 Å². The van der Waals surface area contributed by atoms with Gasteiger partial charge in [0.2, 0.25) is 0 Å². The van der Waals surface area contributed by atoms with Gasteiger partial charge in [0, 0.05) is 23.8 Å². The number of imidazole rings is 1. The predicted octanol–water partition coefficient (Wildman–Crippen LogP) is 3.11. The molecular weight excluding hydrogens is 242 g/mol. The highest BCUT2D eigenvalue weighted by atomic mass is 32.1. The molecule has 0 saturated heterocycles. The van der Waals surface area contributed by atoms with Crippen molar-refractivity contribution in [2.24, 2.45) is 5.92 Å². The summed E-state index contributed by atoms with van der Waals surface area (Å²) < 4.78 is 2.14. The van der Waals surface area contributed by atoms with Gasteiger partial charge in [-0.15, -0.1) is 11.3 Å². The van der Waals surface area contributed by atoms with Gasteiger partial charge in [0.05, 0.1) is 5.69 Å². The smallest absolute Gasteiger partial charge is 0.193 e. The van der Waals surface area contributed by atoms with Crippen molar-refractivity contribution in [3.8, 4) is 0 Å². The number of aromatic nitrogens is 2. The van der Waals surface area contributed by atoms with Gasteiger partial charge in [0.25, 0.3) is 0 Å². The van der Waals surface area contributed by atoms with Gasteiger partial charge < -0.3 is 5.32 Å². The molecule has 2 aromatic rings. The molecule has 1 fully saturated rings. The summed E-state index contributed by atoms with van der Waals surface area (Å²) in [6.07, 6.45) is 10.7. The molecule has 0 radical (unpaired) electrons. The minimum Gasteiger partial charge on any atom is -0.314 e. The molecule has 2 aromatic heterocycles. The van der Waals surface area contributed by atoms with Crippen LogP contribution in [0.25, 0.3) is 4.96 Å². The monoisotopic (exact) mass is 263 g/mol. The first-order valence-electron chi connectivity index (χ1n) is 6.99. The zero-order chi connectivity index (χ0) is 12.4. The molecule has 2 heterocycles. The molecule has 18 heavy (non-hydrogen) atoms. The zero-order valence-electron chi connectivity index (χ0n) is 10.9. The van der Waals surface area contributed by atoms with E-state index < -0.39 is 0 Å². The average Bonchev–Trinajstić information content (AvgIpc) is 2.95. The van der Waals surface area contributed by atoms with E-state index in [9.17, 15) is 0 Å². The van der Waals surface area contributed by atoms with Crippen molar-refractivity contribution < 1.29 is 0 Å². The molecule has 1 unspecified atom stereocenters. The van der Waals surface area contributed by atoms with Crippen molar-refractivity contribution in [3.63, 3.8) is 0 Å². The van der Waals surface area contributed by atoms with Crippen LogP contribution in [0.5, 0.6) is 0 Å². The van der Waals surface area contributed by atoms with Crippen molar-refractivity contribution in [1.82, 2.24) is 14.7 Å². The fourth-order valence-corrected chi connectivity index (χ4v) is 3.19. The van der Waals surface area contributed by atoms with Gasteiger partial charge in [-0.25, -0.2) is 4.98 Å². The maximum atomic E-state index is 4.69. The maximum Gasteiger partial charge on any atom is 0.193 e. The second-order valence-corrected chi connectivity index (χ2v) is 6.24. The molecule has 1 aliphatic carbocycles. The minimum absolute atomic E-state index is 0.736. The molecule has 0 bridgehead atoms. The second-order valence-electron chi connectivity index (χ2n) is 5.37. The minimum atomic E-state index is 0.736. The molecule has 1 saturated carbocycles. The first kappa shape index (κ1) is 12.2. The maximum absolute atomic E-state index is 4.69. The van der Waals surface area contributed by atoms with E-state index in [1.54, 1.807) is 11.3 Å². The lowest BCUT2D eigenvalue weighted by Gasteiger charge is -2.15. The third-order valence-corrected chi connectivity index (χ3v) is 4.38. The molecular formula is C14H21N3S. The summed E-state index contributed by atoms with van der Waals surface area (Å²) in [4.78, 5) is 5.81. The number of thiazole rings is 1. The van der Waals surface area contributed by atoms with Crippen molar-refractivity contribution >= 4 is 16.3 Å². The summed E-state index contributed by atoms with van der Waals surface area (Å²) in [6.45, 7) is 3.43. The fraction of sp³-hybridized carbons (Fsp3) is 0.643. The molecule has 1 atom stereocenters. The summed E-state index contributed by atoms with van der Waals surface area (Å²) >= 11 is 1.71. The van der Waals surface area contributed by atoms with Gasteiger partial charge in [-0.3, -0.25) is 4.40 Å². The van der Waals surface area contributed by atoms with Gasteiger partial charge in [-0.2, -0.15) is 0 Å². The van der Waals surface area contributed by atoms with Gasteiger partial charge in [-0.1, -0.05) is 13.3 Å². The highest BCUT2D eigenvalue weighted by Gasteiger charge is 2.22. The van der Waals surface area contributed by atoms with E-state index in [2.05, 4.69) is 34.4 Å². The quantitative estimate of drug-likeness (QED) is 0.831. The fourth-order valence-electron chi connectivity index (χ4n) is 2.48. The van der Waals surface area contributed by atoms with E-state index in [4.69, 9.17) is 4.98 Å². The number of rotatable bonds is 7. The molecule has 4 heteroatoms. The standard InChI is InChI=1S/C14H21N3S/c1-2-3-11(9-15-12-4-5-12)8-13-10-17-6-7-18-14(17)16-13/h6-7,10-12,15H,2-5,8-9H2,1H3. The number of hydrogen-bond donors (Lipinski definition) is 1. The van der Waals surface area contributed by atoms with Gasteiger partial charge in [0.15, 0.2) is 4.96 Å². The van der Waals surface area contributed by atoms with Gasteiger partial charge in [0.1, 0.15) is 0 Å². The van der Waals surface area contributed by atoms with Crippen molar-refractivity contribution in [1.29, 1.82) is 0 Å². The largest absolute Gasteiger partial charge is 0.314 e. The lowest BCUT2D eigenvalue weighted by Crippen LogP contribution is -2.26. The predicted molar refractivity (Wildman–Crippen MR) is 76.2 cm³/mol. The molecule has 1 aliphatic rings. The average molecular weight is 263 g/mol. The Bertz CT molecular complexity index is 469. The lowest BCUT2D eigenvalue weighted by atomic mass is 9.98. The molecule has 1 N–H and O–H groups in total. The third-order valence-electron chi connectivity index (χ3n) is 3.61. The van der Waals surface area contributed by atoms with Gasteiger partial charge in [-0.05, 0) is 38.1 Å². The van der Waals surface area contributed by atoms with Crippen LogP contribution in [0, 0.1) is 5.92 Å². The van der Waals surface area contributed by atoms with Crippen molar-refractivity contribution in [3.05, 3.63) is 23.5 Å². The molecule has 98 valence electrons. The Balaban J connectivity index is 1.60. The van der Waals surface area contributed by atoms with Crippen LogP contribution in [-0.4, -0.2) is 22.0 Å². The van der Waals surface area contributed by atoms with Crippen molar-refractivity contribution in [2.75, 3.05) is 6.54 Å². The number of nitrogens with zero attached hydrogens (tertiary/aromatic N) is 2. The van der Waals surface area contributed by atoms with Crippen LogP contribution in [0.2, 0.25) is 0 Å². The second kappa shape index (κ2) is 5.41. The van der Waals surface area contributed by atoms with E-state index >= 15 is 0 Å². The Morgan fingerprint density at radius 3 is 3.17 bits per heavy atom. The van der Waals surface area contributed by atoms with Crippen molar-refractivity contribution in [2.45, 2.75) is 45.1 Å². The number of fused-ring (bicyclic) bond motifs is 1. The highest BCUT2D eigenvalue weighted by molar-refractivity contribution is 7.15. The summed E-state index contributed by atoms with van der Waals surface area (Å²) in [5, 5.41) is 5.74. The van der Waals surface area contributed by atoms with Crippen LogP contribution >= 0.6 is 11.3 Å². The van der Waals surface area contributed by atoms with E-state index in [1.165, 1.54) is 31.4 Å². The summed E-state index contributed by atoms with van der Waals surface area (Å²) in [5.74, 6) is 0.736. The van der Waals surface area contributed by atoms with E-state index in [0.29, 0.717) is 0 Å². The molecule has 3 nitrogen and oxygen atoms in total. The highest BCUT2D eigenvalue weighted by Crippen LogP contribution is 2.21. The molecule has 0 amide bonds. The molecule has 0 aliphatic heterocycles.